The minimum atomic E-state index is -0.101. The number of carbonyl (C=O) groups is 1. The molecule has 32 heavy (non-hydrogen) atoms. The molecule has 162 valence electrons. The lowest BCUT2D eigenvalue weighted by Crippen LogP contribution is -2.29. The van der Waals surface area contributed by atoms with Crippen LogP contribution in [-0.2, 0) is 4.79 Å². The van der Waals surface area contributed by atoms with Gasteiger partial charge in [0.25, 0.3) is 5.91 Å². The molecule has 4 nitrogen and oxygen atoms in total. The zero-order chi connectivity index (χ0) is 23.0. The average molecular weight is 554 g/mol. The summed E-state index contributed by atoms with van der Waals surface area (Å²) in [7, 11) is 0. The summed E-state index contributed by atoms with van der Waals surface area (Å²) >= 11 is 3.46. The number of phenols is 1. The lowest BCUT2D eigenvalue weighted by Gasteiger charge is -2.19. The number of halogens is 1. The van der Waals surface area contributed by atoms with E-state index >= 15 is 0 Å². The lowest BCUT2D eigenvalue weighted by molar-refractivity contribution is -0.113. The quantitative estimate of drug-likeness (QED) is 0.279. The van der Waals surface area contributed by atoms with Crippen molar-refractivity contribution >= 4 is 62.9 Å². The fraction of sp³-hybridized carbons (Fsp3) is 0.154. The summed E-state index contributed by atoms with van der Waals surface area (Å²) in [6, 6.07) is 17.6. The van der Waals surface area contributed by atoms with Crippen LogP contribution in [0.5, 0.6) is 5.75 Å². The van der Waals surface area contributed by atoms with Gasteiger partial charge in [-0.2, -0.15) is 0 Å². The van der Waals surface area contributed by atoms with Gasteiger partial charge in [-0.05, 0) is 120 Å². The zero-order valence-corrected chi connectivity index (χ0v) is 21.3. The number of thioether (sulfide) groups is 1. The van der Waals surface area contributed by atoms with Gasteiger partial charge in [-0.3, -0.25) is 9.69 Å². The largest absolute Gasteiger partial charge is 0.507 e. The van der Waals surface area contributed by atoms with E-state index in [0.717, 1.165) is 42.8 Å². The highest BCUT2D eigenvalue weighted by molar-refractivity contribution is 14.1. The van der Waals surface area contributed by atoms with Crippen LogP contribution in [0.1, 0.15) is 27.8 Å². The van der Waals surface area contributed by atoms with Crippen molar-refractivity contribution in [3.05, 3.63) is 90.9 Å². The number of amides is 1. The van der Waals surface area contributed by atoms with Gasteiger partial charge >= 0.3 is 0 Å². The minimum Gasteiger partial charge on any atom is -0.507 e. The molecular weight excluding hydrogens is 531 g/mol. The maximum Gasteiger partial charge on any atom is 0.271 e. The molecule has 0 spiro atoms. The molecule has 0 saturated carbocycles. The first kappa shape index (κ1) is 22.6. The maximum atomic E-state index is 13.6. The van der Waals surface area contributed by atoms with Gasteiger partial charge in [0, 0.05) is 0 Å². The number of aryl methyl sites for hydroxylation is 4. The Hall–Kier alpha value is -2.58. The molecule has 0 radical (unpaired) electrons. The summed E-state index contributed by atoms with van der Waals surface area (Å²) in [6.07, 6.45) is 1.86. The van der Waals surface area contributed by atoms with Gasteiger partial charge in [0.15, 0.2) is 5.17 Å². The molecule has 0 atom stereocenters. The van der Waals surface area contributed by atoms with Gasteiger partial charge in [-0.1, -0.05) is 30.3 Å². The monoisotopic (exact) mass is 554 g/mol. The van der Waals surface area contributed by atoms with Crippen LogP contribution in [0.25, 0.3) is 6.08 Å². The summed E-state index contributed by atoms with van der Waals surface area (Å²) in [5.41, 5.74) is 6.83. The number of benzene rings is 3. The van der Waals surface area contributed by atoms with Gasteiger partial charge in [-0.25, -0.2) is 4.99 Å². The van der Waals surface area contributed by atoms with Crippen LogP contribution in [0.4, 0.5) is 11.4 Å². The highest BCUT2D eigenvalue weighted by Crippen LogP contribution is 2.39. The highest BCUT2D eigenvalue weighted by atomic mass is 127. The summed E-state index contributed by atoms with van der Waals surface area (Å²) in [5.74, 6) is 0.128. The normalized spacial score (nSPS) is 16.4. The molecule has 6 heteroatoms. The van der Waals surface area contributed by atoms with Gasteiger partial charge < -0.3 is 5.11 Å². The molecule has 1 amide bonds. The van der Waals surface area contributed by atoms with E-state index in [-0.39, 0.29) is 11.7 Å². The number of aromatic hydroxyl groups is 1. The highest BCUT2D eigenvalue weighted by Gasteiger charge is 2.35. The van der Waals surface area contributed by atoms with E-state index in [1.807, 2.05) is 70.2 Å². The van der Waals surface area contributed by atoms with Crippen LogP contribution in [0.3, 0.4) is 0 Å². The number of phenolic OH excluding ortho intramolecular Hbond substituents is 1. The second-order valence-corrected chi connectivity index (χ2v) is 10.1. The van der Waals surface area contributed by atoms with Crippen LogP contribution in [-0.4, -0.2) is 16.2 Å². The molecule has 3 aromatic carbocycles. The summed E-state index contributed by atoms with van der Waals surface area (Å²) in [5, 5.41) is 10.5. The van der Waals surface area contributed by atoms with Crippen molar-refractivity contribution < 1.29 is 9.90 Å². The molecule has 1 heterocycles. The molecule has 1 fully saturated rings. The Morgan fingerprint density at radius 1 is 0.938 bits per heavy atom. The van der Waals surface area contributed by atoms with E-state index < -0.39 is 0 Å². The van der Waals surface area contributed by atoms with Crippen molar-refractivity contribution in [2.24, 2.45) is 4.99 Å². The molecule has 1 aliphatic rings. The first-order chi connectivity index (χ1) is 15.2. The molecule has 0 aromatic heterocycles. The number of rotatable bonds is 3. The van der Waals surface area contributed by atoms with Gasteiger partial charge in [0.1, 0.15) is 5.75 Å². The van der Waals surface area contributed by atoms with E-state index in [0.29, 0.717) is 10.1 Å². The fourth-order valence-corrected chi connectivity index (χ4v) is 4.95. The van der Waals surface area contributed by atoms with Crippen LogP contribution in [0.15, 0.2) is 64.5 Å². The molecule has 0 unspecified atom stereocenters. The molecule has 4 rings (SSSR count). The molecule has 1 aliphatic heterocycles. The van der Waals surface area contributed by atoms with E-state index in [2.05, 4.69) is 28.7 Å². The third-order valence-corrected chi connectivity index (χ3v) is 7.10. The van der Waals surface area contributed by atoms with Crippen molar-refractivity contribution in [3.63, 3.8) is 0 Å². The second-order valence-electron chi connectivity index (χ2n) is 7.94. The smallest absolute Gasteiger partial charge is 0.271 e. The van der Waals surface area contributed by atoms with Gasteiger partial charge in [0.2, 0.25) is 0 Å². The maximum absolute atomic E-state index is 13.6. The van der Waals surface area contributed by atoms with E-state index in [9.17, 15) is 9.90 Å². The number of carbonyl (C=O) groups excluding carboxylic acids is 1. The number of amidine groups is 1. The summed E-state index contributed by atoms with van der Waals surface area (Å²) in [4.78, 5) is 20.8. The Labute approximate surface area is 206 Å². The second kappa shape index (κ2) is 9.11. The first-order valence-corrected chi connectivity index (χ1v) is 12.1. The molecule has 3 aromatic rings. The van der Waals surface area contributed by atoms with Crippen molar-refractivity contribution in [2.75, 3.05) is 4.90 Å². The topological polar surface area (TPSA) is 52.9 Å². The molecular formula is C26H23IN2O2S. The number of hydrogen-bond acceptors (Lipinski definition) is 4. The van der Waals surface area contributed by atoms with Crippen LogP contribution < -0.4 is 4.90 Å². The predicted molar refractivity (Wildman–Crippen MR) is 143 cm³/mol. The molecule has 0 bridgehead atoms. The molecule has 1 saturated heterocycles. The Kier molecular flexibility index (Phi) is 6.44. The number of hydrogen-bond donors (Lipinski definition) is 1. The zero-order valence-electron chi connectivity index (χ0n) is 18.3. The van der Waals surface area contributed by atoms with E-state index in [1.54, 1.807) is 17.0 Å². The minimum absolute atomic E-state index is 0.101. The Bertz CT molecular complexity index is 1300. The lowest BCUT2D eigenvalue weighted by atomic mass is 10.1. The van der Waals surface area contributed by atoms with Crippen LogP contribution >= 0.6 is 34.4 Å². The van der Waals surface area contributed by atoms with Crippen molar-refractivity contribution in [2.45, 2.75) is 27.7 Å². The van der Waals surface area contributed by atoms with Gasteiger partial charge in [0.05, 0.1) is 19.9 Å². The Morgan fingerprint density at radius 2 is 1.62 bits per heavy atom. The standard InChI is InChI=1S/C26H23IN2O2S/c1-15-5-7-17(3)21(11-15)28-26-29(22-12-16(2)6-8-18(22)4)25(31)24(32-26)14-19-9-10-23(30)20(27)13-19/h5-14,30H,1-4H3/b24-14-,28-26?. The third-order valence-electron chi connectivity index (χ3n) is 5.26. The molecule has 1 N–H and O–H groups in total. The van der Waals surface area contributed by atoms with E-state index in [4.69, 9.17) is 4.99 Å². The fourth-order valence-electron chi connectivity index (χ4n) is 3.43. The Balaban J connectivity index is 1.85. The number of aliphatic imine (C=N–C) groups is 1. The van der Waals surface area contributed by atoms with E-state index in [1.165, 1.54) is 11.8 Å². The SMILES string of the molecule is Cc1ccc(C)c(N=C2S/C(=C\c3ccc(O)c(I)c3)C(=O)N2c2cc(C)ccc2C)c1. The van der Waals surface area contributed by atoms with Gasteiger partial charge in [-0.15, -0.1) is 0 Å². The third kappa shape index (κ3) is 4.61. The van der Waals surface area contributed by atoms with Crippen LogP contribution in [0, 0.1) is 31.3 Å². The number of anilines is 1. The van der Waals surface area contributed by atoms with Crippen molar-refractivity contribution in [1.29, 1.82) is 0 Å². The molecule has 0 aliphatic carbocycles. The summed E-state index contributed by atoms with van der Waals surface area (Å²) in [6.45, 7) is 8.09. The average Bonchev–Trinajstić information content (AvgIpc) is 3.04. The first-order valence-electron chi connectivity index (χ1n) is 10.2. The summed E-state index contributed by atoms with van der Waals surface area (Å²) < 4.78 is 0.739. The predicted octanol–water partition coefficient (Wildman–Crippen LogP) is 7.04. The Morgan fingerprint density at radius 3 is 2.34 bits per heavy atom. The number of nitrogens with zero attached hydrogens (tertiary/aromatic N) is 2. The van der Waals surface area contributed by atoms with Crippen molar-refractivity contribution in [3.8, 4) is 5.75 Å². The van der Waals surface area contributed by atoms with Crippen LogP contribution in [0.2, 0.25) is 0 Å². The van der Waals surface area contributed by atoms with Crippen molar-refractivity contribution in [1.82, 2.24) is 0 Å².